The van der Waals surface area contributed by atoms with Crippen molar-refractivity contribution in [3.63, 3.8) is 0 Å². The molecule has 0 radical (unpaired) electrons. The first kappa shape index (κ1) is 17.4. The summed E-state index contributed by atoms with van der Waals surface area (Å²) in [6, 6.07) is 9.35. The molecule has 0 saturated heterocycles. The van der Waals surface area contributed by atoms with Gasteiger partial charge in [0.15, 0.2) is 4.96 Å². The number of fused-ring (bicyclic) bond motifs is 1. The number of nitrogens with zero attached hydrogens (tertiary/aromatic N) is 7. The van der Waals surface area contributed by atoms with Crippen LogP contribution in [0.25, 0.3) is 28.1 Å². The minimum Gasteiger partial charge on any atom is -0.330 e. The van der Waals surface area contributed by atoms with Gasteiger partial charge in [-0.2, -0.15) is 4.98 Å². The van der Waals surface area contributed by atoms with Crippen molar-refractivity contribution in [3.8, 4) is 23.1 Å². The molecule has 0 spiro atoms. The Kier molecular flexibility index (Phi) is 4.06. The van der Waals surface area contributed by atoms with Crippen molar-refractivity contribution in [1.82, 2.24) is 34.3 Å². The molecular formula is C19H15N7O2S. The molecule has 1 aromatic carbocycles. The topological polar surface area (TPSA) is 104 Å². The van der Waals surface area contributed by atoms with Crippen molar-refractivity contribution in [2.24, 2.45) is 0 Å². The molecule has 0 unspecified atom stereocenters. The van der Waals surface area contributed by atoms with Gasteiger partial charge in [0.2, 0.25) is 11.6 Å². The van der Waals surface area contributed by atoms with E-state index in [1.165, 1.54) is 21.8 Å². The summed E-state index contributed by atoms with van der Waals surface area (Å²) < 4.78 is 8.53. The monoisotopic (exact) mass is 405 g/mol. The largest absolute Gasteiger partial charge is 0.330 e. The molecule has 4 aromatic heterocycles. The Morgan fingerprint density at radius 1 is 1.07 bits per heavy atom. The SMILES string of the molecule is Cc1ccc(-c2noc(-c3nc(C)n(Cc4cc(=O)n5ccsc5n4)n3)n2)cc1. The fraction of sp³-hybridized carbons (Fsp3) is 0.158. The van der Waals surface area contributed by atoms with Crippen molar-refractivity contribution >= 4 is 16.3 Å². The van der Waals surface area contributed by atoms with Crippen LogP contribution in [0.2, 0.25) is 0 Å². The van der Waals surface area contributed by atoms with Gasteiger partial charge in [-0.3, -0.25) is 9.20 Å². The van der Waals surface area contributed by atoms with E-state index in [0.29, 0.717) is 34.7 Å². The minimum atomic E-state index is -0.121. The van der Waals surface area contributed by atoms with Crippen molar-refractivity contribution in [3.05, 3.63) is 69.3 Å². The molecule has 144 valence electrons. The zero-order chi connectivity index (χ0) is 20.0. The van der Waals surface area contributed by atoms with E-state index in [1.807, 2.05) is 43.5 Å². The Hall–Kier alpha value is -3.66. The van der Waals surface area contributed by atoms with E-state index < -0.39 is 0 Å². The maximum Gasteiger partial charge on any atom is 0.297 e. The Bertz CT molecular complexity index is 1380. The molecule has 0 atom stereocenters. The van der Waals surface area contributed by atoms with Gasteiger partial charge >= 0.3 is 0 Å². The highest BCUT2D eigenvalue weighted by Crippen LogP contribution is 2.21. The quantitative estimate of drug-likeness (QED) is 0.453. The molecule has 0 amide bonds. The lowest BCUT2D eigenvalue weighted by molar-refractivity contribution is 0.429. The predicted octanol–water partition coefficient (Wildman–Crippen LogP) is 2.73. The molecule has 0 aliphatic heterocycles. The van der Waals surface area contributed by atoms with E-state index in [2.05, 4.69) is 25.2 Å². The highest BCUT2D eigenvalue weighted by atomic mass is 32.1. The summed E-state index contributed by atoms with van der Waals surface area (Å²) in [5, 5.41) is 10.3. The smallest absolute Gasteiger partial charge is 0.297 e. The van der Waals surface area contributed by atoms with Crippen LogP contribution in [0, 0.1) is 13.8 Å². The molecule has 0 saturated carbocycles. The van der Waals surface area contributed by atoms with Crippen LogP contribution in [-0.2, 0) is 6.54 Å². The lowest BCUT2D eigenvalue weighted by Gasteiger charge is -2.02. The molecule has 0 aliphatic rings. The van der Waals surface area contributed by atoms with Crippen LogP contribution in [0.5, 0.6) is 0 Å². The van der Waals surface area contributed by atoms with Crippen molar-refractivity contribution < 1.29 is 4.52 Å². The van der Waals surface area contributed by atoms with Crippen molar-refractivity contribution in [2.45, 2.75) is 20.4 Å². The third-order valence-electron chi connectivity index (χ3n) is 4.45. The first-order chi connectivity index (χ1) is 14.1. The fourth-order valence-electron chi connectivity index (χ4n) is 2.92. The number of aromatic nitrogens is 7. The van der Waals surface area contributed by atoms with Gasteiger partial charge < -0.3 is 4.52 Å². The summed E-state index contributed by atoms with van der Waals surface area (Å²) in [4.78, 5) is 26.1. The van der Waals surface area contributed by atoms with Crippen LogP contribution < -0.4 is 5.56 Å². The average molecular weight is 405 g/mol. The van der Waals surface area contributed by atoms with Crippen LogP contribution in [0.4, 0.5) is 0 Å². The second kappa shape index (κ2) is 6.74. The van der Waals surface area contributed by atoms with E-state index >= 15 is 0 Å². The minimum absolute atomic E-state index is 0.121. The number of aryl methyl sites for hydroxylation is 2. The lowest BCUT2D eigenvalue weighted by atomic mass is 10.1. The fourth-order valence-corrected chi connectivity index (χ4v) is 3.66. The zero-order valence-corrected chi connectivity index (χ0v) is 16.4. The Labute approximate surface area is 168 Å². The van der Waals surface area contributed by atoms with E-state index in [9.17, 15) is 4.79 Å². The average Bonchev–Trinajstić information content (AvgIpc) is 3.43. The predicted molar refractivity (Wildman–Crippen MR) is 107 cm³/mol. The van der Waals surface area contributed by atoms with Gasteiger partial charge in [0.05, 0.1) is 12.2 Å². The molecule has 0 N–H and O–H groups in total. The van der Waals surface area contributed by atoms with Crippen LogP contribution in [0.3, 0.4) is 0 Å². The van der Waals surface area contributed by atoms with Gasteiger partial charge in [-0.1, -0.05) is 35.0 Å². The van der Waals surface area contributed by atoms with Gasteiger partial charge in [0.1, 0.15) is 5.82 Å². The maximum atomic E-state index is 12.2. The number of benzene rings is 1. The van der Waals surface area contributed by atoms with Crippen LogP contribution in [0.1, 0.15) is 17.1 Å². The lowest BCUT2D eigenvalue weighted by Crippen LogP contribution is -2.15. The van der Waals surface area contributed by atoms with Crippen molar-refractivity contribution in [2.75, 3.05) is 0 Å². The number of rotatable bonds is 4. The molecular weight excluding hydrogens is 390 g/mol. The van der Waals surface area contributed by atoms with E-state index in [0.717, 1.165) is 11.1 Å². The second-order valence-electron chi connectivity index (χ2n) is 6.57. The summed E-state index contributed by atoms with van der Waals surface area (Å²) in [7, 11) is 0. The molecule has 9 nitrogen and oxygen atoms in total. The molecule has 5 rings (SSSR count). The van der Waals surface area contributed by atoms with E-state index in [4.69, 9.17) is 4.52 Å². The van der Waals surface area contributed by atoms with Gasteiger partial charge in [0.25, 0.3) is 11.4 Å². The van der Waals surface area contributed by atoms with E-state index in [-0.39, 0.29) is 11.4 Å². The number of thiazole rings is 1. The normalized spacial score (nSPS) is 11.4. The molecule has 4 heterocycles. The molecule has 0 bridgehead atoms. The molecule has 0 aliphatic carbocycles. The van der Waals surface area contributed by atoms with Crippen LogP contribution >= 0.6 is 11.3 Å². The molecule has 29 heavy (non-hydrogen) atoms. The van der Waals surface area contributed by atoms with Gasteiger partial charge in [-0.05, 0) is 13.8 Å². The van der Waals surface area contributed by atoms with Crippen molar-refractivity contribution in [1.29, 1.82) is 0 Å². The molecule has 10 heteroatoms. The Balaban J connectivity index is 1.44. The summed E-state index contributed by atoms with van der Waals surface area (Å²) >= 11 is 1.41. The Morgan fingerprint density at radius 3 is 2.72 bits per heavy atom. The summed E-state index contributed by atoms with van der Waals surface area (Å²) in [5.41, 5.74) is 2.50. The summed E-state index contributed by atoms with van der Waals surface area (Å²) in [5.74, 6) is 1.71. The number of hydrogen-bond acceptors (Lipinski definition) is 8. The van der Waals surface area contributed by atoms with Gasteiger partial charge in [-0.15, -0.1) is 16.4 Å². The van der Waals surface area contributed by atoms with Crippen LogP contribution in [-0.4, -0.2) is 34.3 Å². The van der Waals surface area contributed by atoms with Gasteiger partial charge in [0, 0.05) is 23.2 Å². The summed E-state index contributed by atoms with van der Waals surface area (Å²) in [6.07, 6.45) is 1.71. The van der Waals surface area contributed by atoms with E-state index in [1.54, 1.807) is 10.9 Å². The third-order valence-corrected chi connectivity index (χ3v) is 5.21. The maximum absolute atomic E-state index is 12.2. The number of hydrogen-bond donors (Lipinski definition) is 0. The first-order valence-corrected chi connectivity index (χ1v) is 9.73. The van der Waals surface area contributed by atoms with Gasteiger partial charge in [-0.25, -0.2) is 14.6 Å². The highest BCUT2D eigenvalue weighted by molar-refractivity contribution is 7.15. The Morgan fingerprint density at radius 2 is 1.90 bits per heavy atom. The first-order valence-electron chi connectivity index (χ1n) is 8.85. The summed E-state index contributed by atoms with van der Waals surface area (Å²) in [6.45, 7) is 4.16. The zero-order valence-electron chi connectivity index (χ0n) is 15.6. The molecule has 5 aromatic rings. The highest BCUT2D eigenvalue weighted by Gasteiger charge is 2.17. The van der Waals surface area contributed by atoms with Crippen LogP contribution in [0.15, 0.2) is 51.2 Å². The third kappa shape index (κ3) is 3.23. The molecule has 0 fully saturated rings. The second-order valence-corrected chi connectivity index (χ2v) is 7.44. The standard InChI is InChI=1S/C19H15N7O2S/c1-11-3-5-13(6-4-11)16-22-18(28-24-16)17-20-12(2)26(23-17)10-14-9-15(27)25-7-8-29-19(25)21-14/h3-9H,10H2,1-2H3.